The second-order valence-corrected chi connectivity index (χ2v) is 13.6. The van der Waals surface area contributed by atoms with Crippen molar-refractivity contribution in [1.82, 2.24) is 0 Å². The summed E-state index contributed by atoms with van der Waals surface area (Å²) in [6, 6.07) is 70.8. The number of fused-ring (bicyclic) bond motifs is 6. The van der Waals surface area contributed by atoms with Crippen molar-refractivity contribution in [3.8, 4) is 33.4 Å². The highest BCUT2D eigenvalue weighted by molar-refractivity contribution is 6.25. The van der Waals surface area contributed by atoms with Crippen molar-refractivity contribution in [2.75, 3.05) is 0 Å². The Balaban J connectivity index is 1.09. The molecule has 0 radical (unpaired) electrons. The Morgan fingerprint density at radius 3 is 1.42 bits per heavy atom. The molecule has 10 rings (SSSR count). The summed E-state index contributed by atoms with van der Waals surface area (Å²) in [4.78, 5) is 0. The highest BCUT2D eigenvalue weighted by atomic mass is 14.2. The first-order chi connectivity index (χ1) is 25.8. The minimum Gasteiger partial charge on any atom is -0.0622 e. The van der Waals surface area contributed by atoms with Gasteiger partial charge in [-0.2, -0.15) is 0 Å². The van der Waals surface area contributed by atoms with Gasteiger partial charge < -0.3 is 0 Å². The molecule has 0 atom stereocenters. The van der Waals surface area contributed by atoms with Crippen molar-refractivity contribution in [3.63, 3.8) is 0 Å². The van der Waals surface area contributed by atoms with Crippen molar-refractivity contribution in [1.29, 1.82) is 0 Å². The van der Waals surface area contributed by atoms with Gasteiger partial charge in [0.05, 0.1) is 0 Å². The molecule has 10 aromatic carbocycles. The summed E-state index contributed by atoms with van der Waals surface area (Å²) in [6.07, 6.45) is 4.48. The highest BCUT2D eigenvalue weighted by Crippen LogP contribution is 2.46. The van der Waals surface area contributed by atoms with Crippen LogP contribution in [0.5, 0.6) is 0 Å². The van der Waals surface area contributed by atoms with Gasteiger partial charge in [-0.25, -0.2) is 0 Å². The molecule has 0 heterocycles. The Morgan fingerprint density at radius 2 is 0.769 bits per heavy atom. The maximum atomic E-state index is 2.39. The van der Waals surface area contributed by atoms with Gasteiger partial charge in [-0.05, 0) is 104 Å². The summed E-state index contributed by atoms with van der Waals surface area (Å²) < 4.78 is 0. The van der Waals surface area contributed by atoms with Crippen LogP contribution in [0.2, 0.25) is 0 Å². The van der Waals surface area contributed by atoms with E-state index in [4.69, 9.17) is 0 Å². The van der Waals surface area contributed by atoms with Gasteiger partial charge in [-0.1, -0.05) is 200 Å². The summed E-state index contributed by atoms with van der Waals surface area (Å²) in [5.74, 6) is 0. The maximum absolute atomic E-state index is 2.39. The molecule has 0 unspecified atom stereocenters. The molecule has 0 aliphatic rings. The van der Waals surface area contributed by atoms with Crippen molar-refractivity contribution in [3.05, 3.63) is 205 Å². The molecule has 10 aromatic rings. The summed E-state index contributed by atoms with van der Waals surface area (Å²) in [6.45, 7) is 0. The van der Waals surface area contributed by atoms with E-state index in [-0.39, 0.29) is 0 Å². The first kappa shape index (κ1) is 30.1. The second kappa shape index (κ2) is 12.5. The standard InChI is InChI=1S/C52H34/c1-2-14-36(15-3-1)42-33-32-37(40-17-6-7-19-43(40)42)29-26-35-27-30-38(31-28-35)51-46-22-10-12-24-48(46)52(49-25-13-11-23-47(49)51)50-34-39-16-4-5-18-41(39)44-20-8-9-21-45(44)50/h1-34H. The number of rotatable bonds is 5. The molecule has 0 aliphatic carbocycles. The molecule has 242 valence electrons. The molecule has 0 aromatic heterocycles. The number of hydrogen-bond acceptors (Lipinski definition) is 0. The minimum atomic E-state index is 1.17. The first-order valence-corrected chi connectivity index (χ1v) is 18.0. The van der Waals surface area contributed by atoms with Gasteiger partial charge in [0.15, 0.2) is 0 Å². The van der Waals surface area contributed by atoms with E-state index in [0.717, 1.165) is 0 Å². The summed E-state index contributed by atoms with van der Waals surface area (Å²) in [5.41, 5.74) is 9.96. The molecular formula is C52H34. The Labute approximate surface area is 303 Å². The van der Waals surface area contributed by atoms with E-state index >= 15 is 0 Å². The SMILES string of the molecule is C(=Cc1ccc(-c2ccccc2)c2ccccc12)c1ccc(-c2c3ccccc3c(-c3cc4ccccc4c4ccccc34)c3ccccc23)cc1. The van der Waals surface area contributed by atoms with Crippen LogP contribution in [0.3, 0.4) is 0 Å². The van der Waals surface area contributed by atoms with Crippen LogP contribution in [0.1, 0.15) is 11.1 Å². The fourth-order valence-electron chi connectivity index (χ4n) is 8.27. The van der Waals surface area contributed by atoms with Gasteiger partial charge in [0, 0.05) is 0 Å². The largest absolute Gasteiger partial charge is 0.0622 e. The molecule has 0 saturated heterocycles. The zero-order chi connectivity index (χ0) is 34.4. The summed E-state index contributed by atoms with van der Waals surface area (Å²) >= 11 is 0. The van der Waals surface area contributed by atoms with Crippen LogP contribution in [0.4, 0.5) is 0 Å². The van der Waals surface area contributed by atoms with E-state index in [1.165, 1.54) is 98.4 Å². The molecule has 0 nitrogen and oxygen atoms in total. The lowest BCUT2D eigenvalue weighted by atomic mass is 9.84. The topological polar surface area (TPSA) is 0 Å². The van der Waals surface area contributed by atoms with Crippen molar-refractivity contribution in [2.24, 2.45) is 0 Å². The summed E-state index contributed by atoms with van der Waals surface area (Å²) in [5, 5.41) is 12.7. The van der Waals surface area contributed by atoms with E-state index in [0.29, 0.717) is 0 Å². The molecule has 0 spiro atoms. The molecule has 0 bridgehead atoms. The molecule has 0 N–H and O–H groups in total. The van der Waals surface area contributed by atoms with E-state index in [2.05, 4.69) is 206 Å². The zero-order valence-corrected chi connectivity index (χ0v) is 28.6. The van der Waals surface area contributed by atoms with Crippen molar-refractivity contribution < 1.29 is 0 Å². The lowest BCUT2D eigenvalue weighted by molar-refractivity contribution is 1.63. The van der Waals surface area contributed by atoms with Gasteiger partial charge in [0.2, 0.25) is 0 Å². The van der Waals surface area contributed by atoms with Crippen LogP contribution in [-0.2, 0) is 0 Å². The highest BCUT2D eigenvalue weighted by Gasteiger charge is 2.19. The van der Waals surface area contributed by atoms with Crippen LogP contribution in [-0.4, -0.2) is 0 Å². The van der Waals surface area contributed by atoms with Crippen molar-refractivity contribution in [2.45, 2.75) is 0 Å². The fourth-order valence-corrected chi connectivity index (χ4v) is 8.27. The van der Waals surface area contributed by atoms with Crippen LogP contribution >= 0.6 is 0 Å². The Morgan fingerprint density at radius 1 is 0.269 bits per heavy atom. The summed E-state index contributed by atoms with van der Waals surface area (Å²) in [7, 11) is 0. The van der Waals surface area contributed by atoms with Gasteiger partial charge in [-0.15, -0.1) is 0 Å². The normalized spacial score (nSPS) is 11.8. The minimum absolute atomic E-state index is 1.17. The predicted octanol–water partition coefficient (Wildman–Crippen LogP) is 14.6. The zero-order valence-electron chi connectivity index (χ0n) is 28.6. The second-order valence-electron chi connectivity index (χ2n) is 13.6. The van der Waals surface area contributed by atoms with Gasteiger partial charge >= 0.3 is 0 Å². The number of hydrogen-bond donors (Lipinski definition) is 0. The average molecular weight is 659 g/mol. The Kier molecular flexibility index (Phi) is 7.25. The molecule has 0 amide bonds. The van der Waals surface area contributed by atoms with E-state index in [1.54, 1.807) is 0 Å². The number of benzene rings is 10. The molecule has 0 aliphatic heterocycles. The fraction of sp³-hybridized carbons (Fsp3) is 0. The maximum Gasteiger partial charge on any atom is -0.00199 e. The molecule has 0 saturated carbocycles. The molecular weight excluding hydrogens is 625 g/mol. The Bertz CT molecular complexity index is 2930. The third-order valence-electron chi connectivity index (χ3n) is 10.7. The average Bonchev–Trinajstić information content (AvgIpc) is 3.22. The van der Waals surface area contributed by atoms with Crippen LogP contribution in [0, 0.1) is 0 Å². The molecule has 0 heteroatoms. The van der Waals surface area contributed by atoms with Gasteiger partial charge in [0.25, 0.3) is 0 Å². The van der Waals surface area contributed by atoms with Crippen LogP contribution < -0.4 is 0 Å². The molecule has 0 fully saturated rings. The first-order valence-electron chi connectivity index (χ1n) is 18.0. The van der Waals surface area contributed by atoms with Gasteiger partial charge in [0.1, 0.15) is 0 Å². The monoisotopic (exact) mass is 658 g/mol. The van der Waals surface area contributed by atoms with E-state index < -0.39 is 0 Å². The van der Waals surface area contributed by atoms with E-state index in [1.807, 2.05) is 0 Å². The van der Waals surface area contributed by atoms with Crippen molar-refractivity contribution >= 4 is 66.0 Å². The van der Waals surface area contributed by atoms with E-state index in [9.17, 15) is 0 Å². The lowest BCUT2D eigenvalue weighted by Crippen LogP contribution is -1.92. The third-order valence-corrected chi connectivity index (χ3v) is 10.7. The van der Waals surface area contributed by atoms with Crippen LogP contribution in [0.15, 0.2) is 194 Å². The van der Waals surface area contributed by atoms with Gasteiger partial charge in [-0.3, -0.25) is 0 Å². The molecule has 52 heavy (non-hydrogen) atoms. The third kappa shape index (κ3) is 5.00. The quantitative estimate of drug-likeness (QED) is 0.0981. The lowest BCUT2D eigenvalue weighted by Gasteiger charge is -2.19. The predicted molar refractivity (Wildman–Crippen MR) is 226 cm³/mol. The smallest absolute Gasteiger partial charge is 0.00199 e. The van der Waals surface area contributed by atoms with Crippen LogP contribution in [0.25, 0.3) is 99.4 Å². The Hall–Kier alpha value is -6.76.